The molecular weight excluding hydrogens is 316 g/mol. The third kappa shape index (κ3) is 3.60. The molecule has 2 heteroatoms. The molecule has 0 aliphatic heterocycles. The van der Waals surface area contributed by atoms with E-state index in [0.717, 1.165) is 17.8 Å². The number of aryl methyl sites for hydroxylation is 2. The molecule has 0 fully saturated rings. The normalized spacial score (nSPS) is 11.7. The van der Waals surface area contributed by atoms with Gasteiger partial charge in [-0.05, 0) is 31.9 Å². The highest BCUT2D eigenvalue weighted by Gasteiger charge is 2.27. The van der Waals surface area contributed by atoms with Crippen molar-refractivity contribution in [1.29, 1.82) is 0 Å². The van der Waals surface area contributed by atoms with Gasteiger partial charge in [-0.1, -0.05) is 81.6 Å². The first-order chi connectivity index (χ1) is 12.4. The summed E-state index contributed by atoms with van der Waals surface area (Å²) in [5.41, 5.74) is 6.33. The summed E-state index contributed by atoms with van der Waals surface area (Å²) in [7, 11) is 0. The zero-order valence-corrected chi connectivity index (χ0v) is 16.7. The number of imidazole rings is 1. The molecule has 26 heavy (non-hydrogen) atoms. The Morgan fingerprint density at radius 1 is 1.00 bits per heavy atom. The van der Waals surface area contributed by atoms with Gasteiger partial charge in [0, 0.05) is 22.9 Å². The Kier molecular flexibility index (Phi) is 5.31. The average molecular weight is 347 g/mol. The lowest BCUT2D eigenvalue weighted by Crippen LogP contribution is -2.22. The zero-order chi connectivity index (χ0) is 18.7. The summed E-state index contributed by atoms with van der Waals surface area (Å²) in [6, 6.07) is 17.2. The maximum absolute atomic E-state index is 4.86. The van der Waals surface area contributed by atoms with Crippen LogP contribution in [0.4, 0.5) is 0 Å². The molecule has 0 saturated carbocycles. The van der Waals surface area contributed by atoms with Gasteiger partial charge >= 0.3 is 0 Å². The number of unbranched alkanes of at least 4 members (excludes halogenated alkanes) is 1. The molecule has 0 N–H and O–H groups in total. The standard InChI is InChI=1S/C24H30N2/c1-6-7-15-24(4,5)22-17-25-23(20-11-9-8-10-12-20)26(22)21-14-13-18(2)16-19(21)3/h8-14,16-17H,6-7,15H2,1-5H3. The quantitative estimate of drug-likeness (QED) is 0.490. The van der Waals surface area contributed by atoms with Crippen molar-refractivity contribution >= 4 is 0 Å². The summed E-state index contributed by atoms with van der Waals surface area (Å²) in [6.07, 6.45) is 5.68. The fourth-order valence-corrected chi connectivity index (χ4v) is 3.67. The maximum Gasteiger partial charge on any atom is 0.144 e. The van der Waals surface area contributed by atoms with Crippen LogP contribution in [0.15, 0.2) is 54.7 Å². The predicted molar refractivity (Wildman–Crippen MR) is 111 cm³/mol. The van der Waals surface area contributed by atoms with Crippen LogP contribution in [0, 0.1) is 13.8 Å². The highest BCUT2D eigenvalue weighted by Crippen LogP contribution is 2.35. The van der Waals surface area contributed by atoms with Crippen LogP contribution in [-0.2, 0) is 5.41 Å². The molecule has 2 aromatic carbocycles. The number of rotatable bonds is 6. The smallest absolute Gasteiger partial charge is 0.144 e. The molecule has 0 aliphatic rings. The highest BCUT2D eigenvalue weighted by molar-refractivity contribution is 5.61. The first-order valence-electron chi connectivity index (χ1n) is 9.65. The van der Waals surface area contributed by atoms with E-state index in [2.05, 4.69) is 93.9 Å². The fourth-order valence-electron chi connectivity index (χ4n) is 3.67. The van der Waals surface area contributed by atoms with E-state index in [1.807, 2.05) is 0 Å². The average Bonchev–Trinajstić information content (AvgIpc) is 3.06. The van der Waals surface area contributed by atoms with E-state index in [9.17, 15) is 0 Å². The second-order valence-corrected chi connectivity index (χ2v) is 7.95. The van der Waals surface area contributed by atoms with Gasteiger partial charge < -0.3 is 0 Å². The van der Waals surface area contributed by atoms with Gasteiger partial charge in [0.05, 0.1) is 5.69 Å². The van der Waals surface area contributed by atoms with E-state index < -0.39 is 0 Å². The Bertz CT molecular complexity index is 872. The summed E-state index contributed by atoms with van der Waals surface area (Å²) in [4.78, 5) is 4.86. The number of hydrogen-bond donors (Lipinski definition) is 0. The minimum atomic E-state index is 0.0768. The molecule has 136 valence electrons. The molecule has 0 saturated heterocycles. The molecule has 2 nitrogen and oxygen atoms in total. The molecule has 0 unspecified atom stereocenters. The number of hydrogen-bond acceptors (Lipinski definition) is 1. The molecule has 0 bridgehead atoms. The van der Waals surface area contributed by atoms with Crippen molar-refractivity contribution in [1.82, 2.24) is 9.55 Å². The van der Waals surface area contributed by atoms with Gasteiger partial charge in [-0.2, -0.15) is 0 Å². The molecule has 1 aromatic heterocycles. The first-order valence-corrected chi connectivity index (χ1v) is 9.65. The Labute approximate surface area is 157 Å². The van der Waals surface area contributed by atoms with Gasteiger partial charge in [-0.15, -0.1) is 0 Å². The van der Waals surface area contributed by atoms with Crippen molar-refractivity contribution in [3.05, 3.63) is 71.5 Å². The summed E-state index contributed by atoms with van der Waals surface area (Å²) < 4.78 is 2.37. The van der Waals surface area contributed by atoms with Gasteiger partial charge in [0.1, 0.15) is 5.82 Å². The number of aromatic nitrogens is 2. The second-order valence-electron chi connectivity index (χ2n) is 7.95. The van der Waals surface area contributed by atoms with Crippen LogP contribution in [0.1, 0.15) is 56.9 Å². The van der Waals surface area contributed by atoms with E-state index in [-0.39, 0.29) is 5.41 Å². The summed E-state index contributed by atoms with van der Waals surface area (Å²) in [5.74, 6) is 1.03. The van der Waals surface area contributed by atoms with Crippen LogP contribution in [0.2, 0.25) is 0 Å². The lowest BCUT2D eigenvalue weighted by molar-refractivity contribution is 0.439. The van der Waals surface area contributed by atoms with Crippen LogP contribution in [0.3, 0.4) is 0 Å². The zero-order valence-electron chi connectivity index (χ0n) is 16.7. The van der Waals surface area contributed by atoms with Gasteiger partial charge in [-0.3, -0.25) is 4.57 Å². The Morgan fingerprint density at radius 3 is 2.38 bits per heavy atom. The Hall–Kier alpha value is -2.35. The molecule has 0 radical (unpaired) electrons. The van der Waals surface area contributed by atoms with Gasteiger partial charge in [0.15, 0.2) is 0 Å². The van der Waals surface area contributed by atoms with Crippen molar-refractivity contribution in [3.8, 4) is 17.1 Å². The molecular formula is C24H30N2. The third-order valence-electron chi connectivity index (χ3n) is 5.24. The van der Waals surface area contributed by atoms with Crippen molar-refractivity contribution in [2.75, 3.05) is 0 Å². The maximum atomic E-state index is 4.86. The lowest BCUT2D eigenvalue weighted by Gasteiger charge is -2.27. The molecule has 0 spiro atoms. The van der Waals surface area contributed by atoms with Crippen molar-refractivity contribution in [2.24, 2.45) is 0 Å². The highest BCUT2D eigenvalue weighted by atomic mass is 15.1. The lowest BCUT2D eigenvalue weighted by atomic mass is 9.84. The molecule has 0 atom stereocenters. The minimum Gasteiger partial charge on any atom is -0.296 e. The Morgan fingerprint density at radius 2 is 1.73 bits per heavy atom. The van der Waals surface area contributed by atoms with Gasteiger partial charge in [0.25, 0.3) is 0 Å². The third-order valence-corrected chi connectivity index (χ3v) is 5.24. The number of nitrogens with zero attached hydrogens (tertiary/aromatic N) is 2. The predicted octanol–water partition coefficient (Wildman–Crippen LogP) is 6.62. The van der Waals surface area contributed by atoms with Crippen LogP contribution in [0.5, 0.6) is 0 Å². The Balaban J connectivity index is 2.22. The fraction of sp³-hybridized carbons (Fsp3) is 0.375. The van der Waals surface area contributed by atoms with Crippen molar-refractivity contribution in [3.63, 3.8) is 0 Å². The number of benzene rings is 2. The van der Waals surface area contributed by atoms with E-state index in [4.69, 9.17) is 4.98 Å². The molecule has 3 rings (SSSR count). The van der Waals surface area contributed by atoms with Crippen molar-refractivity contribution < 1.29 is 0 Å². The SMILES string of the molecule is CCCCC(C)(C)c1cnc(-c2ccccc2)n1-c1ccc(C)cc1C. The van der Waals surface area contributed by atoms with E-state index in [0.29, 0.717) is 0 Å². The summed E-state index contributed by atoms with van der Waals surface area (Å²) >= 11 is 0. The molecule has 1 heterocycles. The molecule has 0 amide bonds. The largest absolute Gasteiger partial charge is 0.296 e. The van der Waals surface area contributed by atoms with E-state index in [1.54, 1.807) is 0 Å². The monoisotopic (exact) mass is 346 g/mol. The van der Waals surface area contributed by atoms with Gasteiger partial charge in [-0.25, -0.2) is 4.98 Å². The van der Waals surface area contributed by atoms with Crippen LogP contribution >= 0.6 is 0 Å². The van der Waals surface area contributed by atoms with E-state index in [1.165, 1.54) is 35.3 Å². The summed E-state index contributed by atoms with van der Waals surface area (Å²) in [5, 5.41) is 0. The van der Waals surface area contributed by atoms with Gasteiger partial charge in [0.2, 0.25) is 0 Å². The summed E-state index contributed by atoms with van der Waals surface area (Å²) in [6.45, 7) is 11.3. The van der Waals surface area contributed by atoms with Crippen LogP contribution in [-0.4, -0.2) is 9.55 Å². The minimum absolute atomic E-state index is 0.0768. The van der Waals surface area contributed by atoms with Crippen LogP contribution in [0.25, 0.3) is 17.1 Å². The molecule has 0 aliphatic carbocycles. The van der Waals surface area contributed by atoms with Crippen LogP contribution < -0.4 is 0 Å². The molecule has 3 aromatic rings. The van der Waals surface area contributed by atoms with Crippen molar-refractivity contribution in [2.45, 2.75) is 59.3 Å². The topological polar surface area (TPSA) is 17.8 Å². The first kappa shape index (κ1) is 18.4. The van der Waals surface area contributed by atoms with E-state index >= 15 is 0 Å². The second kappa shape index (κ2) is 7.49.